The monoisotopic (exact) mass is 578 g/mol. The van der Waals surface area contributed by atoms with E-state index in [4.69, 9.17) is 9.47 Å². The van der Waals surface area contributed by atoms with Crippen LogP contribution < -0.4 is 16.0 Å². The van der Waals surface area contributed by atoms with Crippen molar-refractivity contribution < 1.29 is 14.3 Å². The molecule has 6 aromatic rings. The van der Waals surface area contributed by atoms with Crippen molar-refractivity contribution in [3.63, 3.8) is 0 Å². The Hall–Kier alpha value is -5.95. The van der Waals surface area contributed by atoms with Gasteiger partial charge in [-0.15, -0.1) is 0 Å². The number of para-hydroxylation sites is 2. The molecule has 1 aliphatic carbocycles. The van der Waals surface area contributed by atoms with Gasteiger partial charge >= 0.3 is 11.8 Å². The van der Waals surface area contributed by atoms with Gasteiger partial charge in [-0.3, -0.25) is 4.79 Å². The highest BCUT2D eigenvalue weighted by atomic mass is 16.7. The molecule has 0 N–H and O–H groups in total. The van der Waals surface area contributed by atoms with Crippen LogP contribution in [-0.2, 0) is 11.2 Å². The van der Waals surface area contributed by atoms with Crippen molar-refractivity contribution in [2.75, 3.05) is 0 Å². The second-order valence-corrected chi connectivity index (χ2v) is 10.4. The average Bonchev–Trinajstić information content (AvgIpc) is 3.37. The lowest BCUT2D eigenvalue weighted by Crippen LogP contribution is -2.41. The maximum absolute atomic E-state index is 14.2. The van der Waals surface area contributed by atoms with Gasteiger partial charge < -0.3 is 9.47 Å². The average molecular weight is 579 g/mol. The largest absolute Gasteiger partial charge is 0.516 e. The van der Waals surface area contributed by atoms with Gasteiger partial charge in [-0.2, -0.15) is 0 Å². The second-order valence-electron chi connectivity index (χ2n) is 10.4. The van der Waals surface area contributed by atoms with Gasteiger partial charge in [-0.1, -0.05) is 115 Å². The minimum atomic E-state index is -1.03. The Bertz CT molecular complexity index is 2060. The lowest BCUT2D eigenvalue weighted by molar-refractivity contribution is 0.0721. The zero-order chi connectivity index (χ0) is 30.0. The number of benzene rings is 5. The van der Waals surface area contributed by atoms with Crippen LogP contribution in [0.3, 0.4) is 0 Å². The van der Waals surface area contributed by atoms with E-state index in [1.807, 2.05) is 91.0 Å². The summed E-state index contributed by atoms with van der Waals surface area (Å²) in [5.41, 5.74) is 4.10. The first-order valence-corrected chi connectivity index (χ1v) is 14.2. The number of hydrogen-bond donors (Lipinski definition) is 0. The van der Waals surface area contributed by atoms with E-state index < -0.39 is 23.5 Å². The van der Waals surface area contributed by atoms with Crippen LogP contribution in [0.2, 0.25) is 0 Å². The van der Waals surface area contributed by atoms with Crippen LogP contribution >= 0.6 is 0 Å². The molecule has 1 aliphatic rings. The third-order valence-corrected chi connectivity index (χ3v) is 7.73. The maximum atomic E-state index is 14.2. The smallest absolute Gasteiger partial charge is 0.421 e. The van der Waals surface area contributed by atoms with Crippen molar-refractivity contribution in [3.05, 3.63) is 183 Å². The van der Waals surface area contributed by atoms with Gasteiger partial charge in [0.15, 0.2) is 6.10 Å². The molecule has 0 fully saturated rings. The molecule has 0 saturated heterocycles. The third kappa shape index (κ3) is 4.80. The van der Waals surface area contributed by atoms with Crippen molar-refractivity contribution in [2.24, 2.45) is 0 Å². The normalized spacial score (nSPS) is 11.9. The standard InChI is InChI=1S/C37H26N2O5/c40-34-32(24-25-14-4-1-5-15-25)35(39(27-18-8-3-9-19-27)36(41)38(34)26-16-6-2-7-17-26)44-37(42)43-33-30-22-12-10-20-28(30)29-21-11-13-23-31(29)33/h1-23,33H,24H2. The van der Waals surface area contributed by atoms with Crippen molar-refractivity contribution in [1.29, 1.82) is 0 Å². The second kappa shape index (κ2) is 11.4. The molecule has 1 aromatic heterocycles. The molecule has 44 heavy (non-hydrogen) atoms. The van der Waals surface area contributed by atoms with Gasteiger partial charge in [0.1, 0.15) is 0 Å². The molecule has 0 atom stereocenters. The van der Waals surface area contributed by atoms with Crippen LogP contribution in [0.4, 0.5) is 4.79 Å². The Morgan fingerprint density at radius 2 is 1.07 bits per heavy atom. The van der Waals surface area contributed by atoms with E-state index in [0.29, 0.717) is 11.4 Å². The number of fused-ring (bicyclic) bond motifs is 3. The number of carbonyl (C=O) groups excluding carboxylic acids is 1. The number of aromatic nitrogens is 2. The molecule has 0 aliphatic heterocycles. The number of hydrogen-bond acceptors (Lipinski definition) is 5. The third-order valence-electron chi connectivity index (χ3n) is 7.73. The highest BCUT2D eigenvalue weighted by molar-refractivity contribution is 5.79. The minimum absolute atomic E-state index is 0.108. The molecule has 0 bridgehead atoms. The first-order valence-electron chi connectivity index (χ1n) is 14.2. The van der Waals surface area contributed by atoms with Crippen LogP contribution in [0.15, 0.2) is 149 Å². The van der Waals surface area contributed by atoms with Gasteiger partial charge in [0.25, 0.3) is 5.56 Å². The fourth-order valence-electron chi connectivity index (χ4n) is 5.74. The molecule has 1 heterocycles. The van der Waals surface area contributed by atoms with E-state index in [2.05, 4.69) is 0 Å². The van der Waals surface area contributed by atoms with Crippen molar-refractivity contribution in [3.8, 4) is 28.4 Å². The molecule has 0 unspecified atom stereocenters. The number of ether oxygens (including phenoxy) is 2. The van der Waals surface area contributed by atoms with Crippen LogP contribution in [0.1, 0.15) is 28.4 Å². The molecule has 214 valence electrons. The van der Waals surface area contributed by atoms with Gasteiger partial charge in [0.05, 0.1) is 16.9 Å². The summed E-state index contributed by atoms with van der Waals surface area (Å²) in [6, 6.07) is 42.3. The summed E-state index contributed by atoms with van der Waals surface area (Å²) in [5.74, 6) is -0.188. The van der Waals surface area contributed by atoms with Crippen LogP contribution in [0.5, 0.6) is 5.88 Å². The Labute approximate surface area is 252 Å². The van der Waals surface area contributed by atoms with Crippen LogP contribution in [0, 0.1) is 0 Å². The van der Waals surface area contributed by atoms with Gasteiger partial charge in [-0.25, -0.2) is 18.7 Å². The molecule has 7 nitrogen and oxygen atoms in total. The molecule has 0 spiro atoms. The van der Waals surface area contributed by atoms with E-state index in [1.54, 1.807) is 48.5 Å². The van der Waals surface area contributed by atoms with E-state index in [-0.39, 0.29) is 17.9 Å². The molecular formula is C37H26N2O5. The van der Waals surface area contributed by atoms with Crippen molar-refractivity contribution >= 4 is 6.16 Å². The summed E-state index contributed by atoms with van der Waals surface area (Å²) in [7, 11) is 0. The van der Waals surface area contributed by atoms with E-state index in [0.717, 1.165) is 32.4 Å². The first-order chi connectivity index (χ1) is 21.6. The minimum Gasteiger partial charge on any atom is -0.421 e. The Balaban J connectivity index is 1.39. The molecule has 7 heteroatoms. The quantitative estimate of drug-likeness (QED) is 0.202. The topological polar surface area (TPSA) is 79.5 Å². The molecule has 5 aromatic carbocycles. The summed E-state index contributed by atoms with van der Waals surface area (Å²) in [6.45, 7) is 0. The van der Waals surface area contributed by atoms with E-state index >= 15 is 0 Å². The van der Waals surface area contributed by atoms with Crippen LogP contribution in [-0.4, -0.2) is 15.3 Å². The highest BCUT2D eigenvalue weighted by Gasteiger charge is 2.33. The Morgan fingerprint density at radius 3 is 1.64 bits per heavy atom. The molecule has 0 saturated carbocycles. The zero-order valence-electron chi connectivity index (χ0n) is 23.5. The lowest BCUT2D eigenvalue weighted by atomic mass is 10.1. The van der Waals surface area contributed by atoms with E-state index in [9.17, 15) is 14.4 Å². The molecule has 0 radical (unpaired) electrons. The van der Waals surface area contributed by atoms with Crippen molar-refractivity contribution in [1.82, 2.24) is 9.13 Å². The van der Waals surface area contributed by atoms with E-state index in [1.165, 1.54) is 4.57 Å². The summed E-state index contributed by atoms with van der Waals surface area (Å²) >= 11 is 0. The molecule has 7 rings (SSSR count). The van der Waals surface area contributed by atoms with Crippen molar-refractivity contribution in [2.45, 2.75) is 12.5 Å². The van der Waals surface area contributed by atoms with Gasteiger partial charge in [0, 0.05) is 17.5 Å². The summed E-state index contributed by atoms with van der Waals surface area (Å²) in [6.07, 6.45) is -1.64. The Kier molecular flexibility index (Phi) is 6.96. The fourth-order valence-corrected chi connectivity index (χ4v) is 5.74. The predicted octanol–water partition coefficient (Wildman–Crippen LogP) is 6.86. The van der Waals surface area contributed by atoms with Crippen LogP contribution in [0.25, 0.3) is 22.5 Å². The first kappa shape index (κ1) is 26.9. The zero-order valence-corrected chi connectivity index (χ0v) is 23.5. The number of carbonyl (C=O) groups is 1. The van der Waals surface area contributed by atoms with Gasteiger partial charge in [-0.05, 0) is 41.0 Å². The predicted molar refractivity (Wildman–Crippen MR) is 168 cm³/mol. The highest BCUT2D eigenvalue weighted by Crippen LogP contribution is 2.45. The number of nitrogens with zero attached hydrogens (tertiary/aromatic N) is 2. The molecule has 0 amide bonds. The summed E-state index contributed by atoms with van der Waals surface area (Å²) in [4.78, 5) is 42.0. The summed E-state index contributed by atoms with van der Waals surface area (Å²) in [5, 5.41) is 0. The maximum Gasteiger partial charge on any atom is 0.516 e. The lowest BCUT2D eigenvalue weighted by Gasteiger charge is -2.20. The summed E-state index contributed by atoms with van der Waals surface area (Å²) < 4.78 is 14.3. The van der Waals surface area contributed by atoms with Gasteiger partial charge in [0.2, 0.25) is 5.88 Å². The fraction of sp³-hybridized carbons (Fsp3) is 0.0541. The SMILES string of the molecule is O=C(Oc1c(Cc2ccccc2)c(=O)n(-c2ccccc2)c(=O)n1-c1ccccc1)OC1c2ccccc2-c2ccccc21. The number of rotatable bonds is 6. The molecular weight excluding hydrogens is 552 g/mol. The Morgan fingerprint density at radius 1 is 0.591 bits per heavy atom.